The lowest BCUT2D eigenvalue weighted by molar-refractivity contribution is 0.0536. The number of cyclic esters (lactones) is 1. The van der Waals surface area contributed by atoms with E-state index in [1.54, 1.807) is 11.3 Å². The fourth-order valence-corrected chi connectivity index (χ4v) is 5.42. The van der Waals surface area contributed by atoms with Crippen LogP contribution in [0.15, 0.2) is 47.8 Å². The summed E-state index contributed by atoms with van der Waals surface area (Å²) in [4.78, 5) is 14.0. The van der Waals surface area contributed by atoms with Crippen molar-refractivity contribution in [1.82, 2.24) is 0 Å². The van der Waals surface area contributed by atoms with E-state index in [1.165, 1.54) is 0 Å². The van der Waals surface area contributed by atoms with E-state index in [-0.39, 0.29) is 32.6 Å². The molecule has 2 aliphatic rings. The maximum Gasteiger partial charge on any atom is 0.339 e. The molecule has 6 nitrogen and oxygen atoms in total. The summed E-state index contributed by atoms with van der Waals surface area (Å²) >= 11 is 1.58. The largest absolute Gasteiger partial charge is 0.457 e. The van der Waals surface area contributed by atoms with Crippen molar-refractivity contribution in [1.29, 1.82) is 0 Å². The van der Waals surface area contributed by atoms with Gasteiger partial charge in [0.15, 0.2) is 11.5 Å². The van der Waals surface area contributed by atoms with Gasteiger partial charge in [-0.2, -0.15) is 0 Å². The average Bonchev–Trinajstić information content (AvgIpc) is 3.58. The Morgan fingerprint density at radius 3 is 2.31 bits per heavy atom. The van der Waals surface area contributed by atoms with Gasteiger partial charge in [-0.1, -0.05) is 12.1 Å². The number of carbonyl (C=O) groups is 1. The van der Waals surface area contributed by atoms with Crippen LogP contribution in [0.2, 0.25) is 0 Å². The second-order valence-electron chi connectivity index (χ2n) is 7.71. The Labute approximate surface area is 187 Å². The summed E-state index contributed by atoms with van der Waals surface area (Å²) in [5, 5.41) is 23.6. The number of esters is 1. The van der Waals surface area contributed by atoms with Crippen LogP contribution in [0.5, 0.6) is 11.5 Å². The zero-order valence-corrected chi connectivity index (χ0v) is 17.7. The van der Waals surface area contributed by atoms with E-state index in [0.29, 0.717) is 28.2 Å². The minimum atomic E-state index is -0.371. The SMILES string of the molecule is O=C1OCc2c1c(-c1ccc3c(c1)OCO3)c1cc(CO)c(CO)cc1c2-c1cccs1. The number of fused-ring (bicyclic) bond motifs is 3. The van der Waals surface area contributed by atoms with E-state index >= 15 is 0 Å². The average molecular weight is 446 g/mol. The van der Waals surface area contributed by atoms with E-state index in [4.69, 9.17) is 14.2 Å². The molecule has 4 aromatic rings. The highest BCUT2D eigenvalue weighted by atomic mass is 32.1. The molecule has 160 valence electrons. The number of carbonyl (C=O) groups excluding carboxylic acids is 1. The Bertz CT molecular complexity index is 1390. The van der Waals surface area contributed by atoms with Gasteiger partial charge in [-0.3, -0.25) is 0 Å². The van der Waals surface area contributed by atoms with E-state index in [9.17, 15) is 15.0 Å². The first kappa shape index (κ1) is 19.3. The van der Waals surface area contributed by atoms with Gasteiger partial charge in [-0.25, -0.2) is 4.79 Å². The lowest BCUT2D eigenvalue weighted by Gasteiger charge is -2.18. The Morgan fingerprint density at radius 2 is 1.59 bits per heavy atom. The normalized spacial score (nSPS) is 14.1. The quantitative estimate of drug-likeness (QED) is 0.445. The highest BCUT2D eigenvalue weighted by molar-refractivity contribution is 7.13. The minimum absolute atomic E-state index is 0.158. The molecule has 0 fully saturated rings. The van der Waals surface area contributed by atoms with Crippen LogP contribution < -0.4 is 9.47 Å². The zero-order valence-electron chi connectivity index (χ0n) is 16.9. The number of benzene rings is 3. The van der Waals surface area contributed by atoms with Gasteiger partial charge < -0.3 is 24.4 Å². The Kier molecular flexibility index (Phi) is 4.43. The molecule has 7 heteroatoms. The zero-order chi connectivity index (χ0) is 21.8. The molecule has 2 aliphatic heterocycles. The fourth-order valence-electron chi connectivity index (χ4n) is 4.60. The lowest BCUT2D eigenvalue weighted by atomic mass is 9.84. The van der Waals surface area contributed by atoms with Gasteiger partial charge in [0.2, 0.25) is 6.79 Å². The van der Waals surface area contributed by atoms with Crippen LogP contribution in [0.3, 0.4) is 0 Å². The fraction of sp³-hybridized carbons (Fsp3) is 0.160. The summed E-state index contributed by atoms with van der Waals surface area (Å²) in [5.41, 5.74) is 5.09. The minimum Gasteiger partial charge on any atom is -0.457 e. The first-order chi connectivity index (χ1) is 15.7. The molecule has 0 atom stereocenters. The van der Waals surface area contributed by atoms with Crippen LogP contribution in [0.4, 0.5) is 0 Å². The van der Waals surface area contributed by atoms with Crippen LogP contribution in [0, 0.1) is 0 Å². The van der Waals surface area contributed by atoms with Gasteiger partial charge in [0.05, 0.1) is 18.8 Å². The molecule has 0 saturated carbocycles. The number of hydrogen-bond acceptors (Lipinski definition) is 7. The highest BCUT2D eigenvalue weighted by Gasteiger charge is 2.32. The van der Waals surface area contributed by atoms with E-state index < -0.39 is 0 Å². The van der Waals surface area contributed by atoms with Gasteiger partial charge in [0, 0.05) is 21.6 Å². The lowest BCUT2D eigenvalue weighted by Crippen LogP contribution is -2.03. The summed E-state index contributed by atoms with van der Waals surface area (Å²) in [6.45, 7) is -0.0690. The molecule has 0 bridgehead atoms. The molecule has 0 aliphatic carbocycles. The highest BCUT2D eigenvalue weighted by Crippen LogP contribution is 2.48. The smallest absolute Gasteiger partial charge is 0.339 e. The number of rotatable bonds is 4. The third-order valence-electron chi connectivity index (χ3n) is 6.05. The molecule has 3 aromatic carbocycles. The predicted octanol–water partition coefficient (Wildman–Crippen LogP) is 4.62. The third-order valence-corrected chi connectivity index (χ3v) is 6.94. The van der Waals surface area contributed by atoms with E-state index in [0.717, 1.165) is 37.9 Å². The number of hydrogen-bond donors (Lipinski definition) is 2. The molecule has 32 heavy (non-hydrogen) atoms. The Hall–Kier alpha value is -3.39. The van der Waals surface area contributed by atoms with Gasteiger partial charge in [-0.15, -0.1) is 11.3 Å². The van der Waals surface area contributed by atoms with Crippen molar-refractivity contribution in [3.8, 4) is 33.1 Å². The van der Waals surface area contributed by atoms with Gasteiger partial charge in [-0.05, 0) is 63.2 Å². The molecule has 6 rings (SSSR count). The van der Waals surface area contributed by atoms with Crippen LogP contribution in [-0.4, -0.2) is 23.0 Å². The van der Waals surface area contributed by atoms with Crippen molar-refractivity contribution in [3.63, 3.8) is 0 Å². The summed E-state index contributed by atoms with van der Waals surface area (Å²) in [6.07, 6.45) is 0. The van der Waals surface area contributed by atoms with Crippen molar-refractivity contribution in [3.05, 3.63) is 70.1 Å². The summed E-state index contributed by atoms with van der Waals surface area (Å²) in [7, 11) is 0. The molecular formula is C25H18O6S. The monoisotopic (exact) mass is 446 g/mol. The summed E-state index contributed by atoms with van der Waals surface area (Å²) < 4.78 is 16.5. The summed E-state index contributed by atoms with van der Waals surface area (Å²) in [6, 6.07) is 13.4. The molecule has 0 radical (unpaired) electrons. The summed E-state index contributed by atoms with van der Waals surface area (Å²) in [5.74, 6) is 0.905. The molecule has 0 spiro atoms. The molecular weight excluding hydrogens is 428 g/mol. The van der Waals surface area contributed by atoms with Crippen molar-refractivity contribution < 1.29 is 29.2 Å². The van der Waals surface area contributed by atoms with Crippen LogP contribution in [0.1, 0.15) is 27.0 Å². The van der Waals surface area contributed by atoms with Crippen LogP contribution in [-0.2, 0) is 24.6 Å². The first-order valence-corrected chi connectivity index (χ1v) is 11.0. The van der Waals surface area contributed by atoms with Crippen molar-refractivity contribution >= 4 is 28.1 Å². The van der Waals surface area contributed by atoms with Crippen molar-refractivity contribution in [2.45, 2.75) is 19.8 Å². The van der Waals surface area contributed by atoms with Crippen molar-refractivity contribution in [2.24, 2.45) is 0 Å². The van der Waals surface area contributed by atoms with Gasteiger partial charge >= 0.3 is 5.97 Å². The second kappa shape index (κ2) is 7.34. The first-order valence-electron chi connectivity index (χ1n) is 10.2. The maximum absolute atomic E-state index is 13.0. The topological polar surface area (TPSA) is 85.2 Å². The predicted molar refractivity (Wildman–Crippen MR) is 120 cm³/mol. The second-order valence-corrected chi connectivity index (χ2v) is 8.66. The molecule has 0 saturated heterocycles. The maximum atomic E-state index is 13.0. The number of thiophene rings is 1. The molecule has 2 N–H and O–H groups in total. The molecule has 0 unspecified atom stereocenters. The molecule has 3 heterocycles. The number of ether oxygens (including phenoxy) is 3. The standard InChI is InChI=1S/C25H18O6S/c26-9-14-6-16-17(7-15(14)10-27)23(21-2-1-5-32-21)18-11-29-25(28)24(18)22(16)13-3-4-19-20(8-13)31-12-30-19/h1-8,26-27H,9-12H2. The third kappa shape index (κ3) is 2.75. The number of aliphatic hydroxyl groups is 2. The van der Waals surface area contributed by atoms with E-state index in [1.807, 2.05) is 47.8 Å². The van der Waals surface area contributed by atoms with Crippen LogP contribution >= 0.6 is 11.3 Å². The van der Waals surface area contributed by atoms with Crippen LogP contribution in [0.25, 0.3) is 32.3 Å². The molecule has 1 aromatic heterocycles. The number of aliphatic hydroxyl groups excluding tert-OH is 2. The Balaban J connectivity index is 1.77. The Morgan fingerprint density at radius 1 is 0.844 bits per heavy atom. The van der Waals surface area contributed by atoms with Crippen molar-refractivity contribution in [2.75, 3.05) is 6.79 Å². The van der Waals surface area contributed by atoms with Gasteiger partial charge in [0.1, 0.15) is 6.61 Å². The van der Waals surface area contributed by atoms with E-state index in [2.05, 4.69) is 0 Å². The molecule has 0 amide bonds. The van der Waals surface area contributed by atoms with Gasteiger partial charge in [0.25, 0.3) is 0 Å².